The summed E-state index contributed by atoms with van der Waals surface area (Å²) >= 11 is 0. The molecule has 2 aromatic heterocycles. The Kier molecular flexibility index (Phi) is 7.71. The molecule has 1 amide bonds. The summed E-state index contributed by atoms with van der Waals surface area (Å²) in [6.07, 6.45) is 8.28. The third kappa shape index (κ3) is 5.29. The average molecular weight is 597 g/mol. The number of amides is 1. The number of imidazole rings is 1. The number of fused-ring (bicyclic) bond motifs is 4. The molecule has 1 fully saturated rings. The number of anilines is 1. The third-order valence-electron chi connectivity index (χ3n) is 8.25. The molecule has 5 aromatic rings. The number of hydrogen-bond acceptors (Lipinski definition) is 7. The number of benzene rings is 3. The van der Waals surface area contributed by atoms with Gasteiger partial charge in [0.1, 0.15) is 16.8 Å². The molecule has 2 aliphatic rings. The van der Waals surface area contributed by atoms with Crippen LogP contribution in [0.15, 0.2) is 72.2 Å². The number of rotatable bonds is 10. The Labute approximate surface area is 253 Å². The Balaban J connectivity index is 1.25. The maximum Gasteiger partial charge on any atom is 0.256 e. The van der Waals surface area contributed by atoms with Crippen LogP contribution >= 0.6 is 0 Å². The maximum atomic E-state index is 15.8. The number of nitrogens with one attached hydrogen (secondary N) is 2. The van der Waals surface area contributed by atoms with Crippen molar-refractivity contribution in [3.05, 3.63) is 89.0 Å². The lowest BCUT2D eigenvalue weighted by molar-refractivity contribution is 0.0378. The summed E-state index contributed by atoms with van der Waals surface area (Å²) in [6.45, 7) is 5.64. The number of aromatic nitrogens is 3. The third-order valence-corrected chi connectivity index (χ3v) is 8.25. The second kappa shape index (κ2) is 12.1. The van der Waals surface area contributed by atoms with Crippen molar-refractivity contribution in [2.75, 3.05) is 51.3 Å². The zero-order chi connectivity index (χ0) is 30.0. The van der Waals surface area contributed by atoms with E-state index in [4.69, 9.17) is 9.47 Å². The highest BCUT2D eigenvalue weighted by molar-refractivity contribution is 6.03. The molecular weight excluding hydrogens is 563 g/mol. The SMILES string of the molecule is O=C(NCCCn1ccnc1)c1cn2c3c(c(NCCCN4CCOCC4)c(F)cc3c1=O)Oc1ccc3ccccc3c1-2. The average Bonchev–Trinajstić information content (AvgIpc) is 3.57. The van der Waals surface area contributed by atoms with Gasteiger partial charge in [-0.1, -0.05) is 30.3 Å². The van der Waals surface area contributed by atoms with E-state index in [0.29, 0.717) is 43.0 Å². The van der Waals surface area contributed by atoms with Gasteiger partial charge in [-0.05, 0) is 36.9 Å². The Bertz CT molecular complexity index is 1900. The summed E-state index contributed by atoms with van der Waals surface area (Å²) in [7, 11) is 0. The minimum atomic E-state index is -0.607. The van der Waals surface area contributed by atoms with Crippen molar-refractivity contribution in [3.8, 4) is 17.2 Å². The summed E-state index contributed by atoms with van der Waals surface area (Å²) < 4.78 is 31.4. The van der Waals surface area contributed by atoms with E-state index in [-0.39, 0.29) is 22.4 Å². The molecule has 0 spiro atoms. The number of ether oxygens (including phenoxy) is 2. The molecule has 0 bridgehead atoms. The van der Waals surface area contributed by atoms with Gasteiger partial charge in [-0.25, -0.2) is 9.37 Å². The van der Waals surface area contributed by atoms with Gasteiger partial charge in [0, 0.05) is 56.7 Å². The van der Waals surface area contributed by atoms with Crippen LogP contribution in [0, 0.1) is 5.82 Å². The lowest BCUT2D eigenvalue weighted by atomic mass is 10.0. The molecule has 0 saturated carbocycles. The molecule has 0 aliphatic carbocycles. The molecular formula is C33H33FN6O4. The largest absolute Gasteiger partial charge is 0.451 e. The van der Waals surface area contributed by atoms with Crippen LogP contribution in [0.4, 0.5) is 10.1 Å². The van der Waals surface area contributed by atoms with Gasteiger partial charge in [-0.2, -0.15) is 0 Å². The second-order valence-electron chi connectivity index (χ2n) is 11.1. The van der Waals surface area contributed by atoms with Crippen LogP contribution in [0.3, 0.4) is 0 Å². The van der Waals surface area contributed by atoms with Crippen molar-refractivity contribution < 1.29 is 18.7 Å². The van der Waals surface area contributed by atoms with Crippen molar-refractivity contribution >= 4 is 33.3 Å². The number of pyridine rings is 1. The van der Waals surface area contributed by atoms with Crippen molar-refractivity contribution in [3.63, 3.8) is 0 Å². The second-order valence-corrected chi connectivity index (χ2v) is 11.1. The van der Waals surface area contributed by atoms with E-state index in [9.17, 15) is 9.59 Å². The number of aryl methyl sites for hydroxylation is 1. The molecule has 7 rings (SSSR count). The smallest absolute Gasteiger partial charge is 0.256 e. The van der Waals surface area contributed by atoms with Gasteiger partial charge in [0.05, 0.1) is 30.6 Å². The summed E-state index contributed by atoms with van der Waals surface area (Å²) in [5.74, 6) is -0.371. The first kappa shape index (κ1) is 28.1. The Hall–Kier alpha value is -4.74. The van der Waals surface area contributed by atoms with Crippen molar-refractivity contribution in [2.24, 2.45) is 0 Å². The standard InChI is InChI=1S/C33H33FN6O4/c34-26-19-24-30-32(28(26)36-9-3-12-38-15-17-43-18-16-38)44-27-8-7-22-5-1-2-6-23(22)29(27)40(30)20-25(31(24)41)33(42)37-10-4-13-39-14-11-35-21-39/h1-2,5-8,11,14,19-21,36H,3-4,9-10,12-13,15-18H2,(H,37,42). The summed E-state index contributed by atoms with van der Waals surface area (Å²) in [5, 5.41) is 8.04. The highest BCUT2D eigenvalue weighted by Gasteiger charge is 2.29. The normalized spacial score (nSPS) is 14.4. The van der Waals surface area contributed by atoms with Gasteiger partial charge >= 0.3 is 0 Å². The highest BCUT2D eigenvalue weighted by atomic mass is 19.1. The Morgan fingerprint density at radius 2 is 1.86 bits per heavy atom. The molecule has 0 atom stereocenters. The predicted molar refractivity (Wildman–Crippen MR) is 167 cm³/mol. The molecule has 10 nitrogen and oxygen atoms in total. The number of nitrogens with zero attached hydrogens (tertiary/aromatic N) is 4. The van der Waals surface area contributed by atoms with Crippen LogP contribution in [0.2, 0.25) is 0 Å². The molecule has 0 radical (unpaired) electrons. The van der Waals surface area contributed by atoms with E-state index in [1.54, 1.807) is 18.7 Å². The fraction of sp³-hybridized carbons (Fsp3) is 0.303. The zero-order valence-electron chi connectivity index (χ0n) is 24.2. The minimum absolute atomic E-state index is 0.0579. The van der Waals surface area contributed by atoms with E-state index < -0.39 is 17.2 Å². The maximum absolute atomic E-state index is 15.8. The lowest BCUT2D eigenvalue weighted by Gasteiger charge is -2.28. The van der Waals surface area contributed by atoms with Crippen LogP contribution in [0.25, 0.3) is 27.4 Å². The van der Waals surface area contributed by atoms with E-state index >= 15 is 4.39 Å². The Morgan fingerprint density at radius 3 is 2.70 bits per heavy atom. The van der Waals surface area contributed by atoms with Crippen molar-refractivity contribution in [2.45, 2.75) is 19.4 Å². The number of halogens is 1. The number of carbonyl (C=O) groups is 1. The van der Waals surface area contributed by atoms with Gasteiger partial charge in [-0.3, -0.25) is 14.5 Å². The zero-order valence-corrected chi connectivity index (χ0v) is 24.2. The first-order chi connectivity index (χ1) is 21.6. The summed E-state index contributed by atoms with van der Waals surface area (Å²) in [5.41, 5.74) is 0.711. The topological polar surface area (TPSA) is 103 Å². The monoisotopic (exact) mass is 596 g/mol. The van der Waals surface area contributed by atoms with Crippen LogP contribution < -0.4 is 20.8 Å². The van der Waals surface area contributed by atoms with E-state index in [1.165, 1.54) is 6.07 Å². The van der Waals surface area contributed by atoms with Gasteiger partial charge in [0.2, 0.25) is 5.43 Å². The van der Waals surface area contributed by atoms with Crippen LogP contribution in [0.1, 0.15) is 23.2 Å². The molecule has 2 aliphatic heterocycles. The molecule has 44 heavy (non-hydrogen) atoms. The molecule has 0 unspecified atom stereocenters. The summed E-state index contributed by atoms with van der Waals surface area (Å²) in [4.78, 5) is 33.5. The van der Waals surface area contributed by atoms with Gasteiger partial charge < -0.3 is 29.2 Å². The van der Waals surface area contributed by atoms with Gasteiger partial charge in [-0.15, -0.1) is 0 Å². The predicted octanol–water partition coefficient (Wildman–Crippen LogP) is 4.54. The molecule has 226 valence electrons. The molecule has 11 heteroatoms. The first-order valence-electron chi connectivity index (χ1n) is 15.0. The van der Waals surface area contributed by atoms with Crippen LogP contribution in [-0.4, -0.2) is 70.9 Å². The minimum Gasteiger partial charge on any atom is -0.451 e. The Morgan fingerprint density at radius 1 is 1.02 bits per heavy atom. The molecule has 4 heterocycles. The van der Waals surface area contributed by atoms with Gasteiger partial charge in [0.15, 0.2) is 17.3 Å². The van der Waals surface area contributed by atoms with Crippen LogP contribution in [0.5, 0.6) is 11.5 Å². The quantitative estimate of drug-likeness (QED) is 0.224. The van der Waals surface area contributed by atoms with E-state index in [1.807, 2.05) is 51.7 Å². The number of carbonyl (C=O) groups excluding carboxylic acids is 1. The van der Waals surface area contributed by atoms with Crippen molar-refractivity contribution in [1.82, 2.24) is 24.3 Å². The number of morpholine rings is 1. The van der Waals surface area contributed by atoms with Crippen LogP contribution in [-0.2, 0) is 11.3 Å². The highest BCUT2D eigenvalue weighted by Crippen LogP contribution is 2.47. The summed E-state index contributed by atoms with van der Waals surface area (Å²) in [6, 6.07) is 12.8. The first-order valence-corrected chi connectivity index (χ1v) is 15.0. The van der Waals surface area contributed by atoms with Crippen molar-refractivity contribution in [1.29, 1.82) is 0 Å². The lowest BCUT2D eigenvalue weighted by Crippen LogP contribution is -2.37. The number of hydrogen-bond donors (Lipinski definition) is 2. The molecule has 2 N–H and O–H groups in total. The molecule has 1 saturated heterocycles. The fourth-order valence-electron chi connectivity index (χ4n) is 6.02. The van der Waals surface area contributed by atoms with E-state index in [2.05, 4.69) is 20.5 Å². The van der Waals surface area contributed by atoms with E-state index in [0.717, 1.165) is 50.0 Å². The van der Waals surface area contributed by atoms with Gasteiger partial charge in [0.25, 0.3) is 5.91 Å². The fourth-order valence-corrected chi connectivity index (χ4v) is 6.02. The molecule has 3 aromatic carbocycles.